The van der Waals surface area contributed by atoms with Crippen molar-refractivity contribution >= 4 is 34.4 Å². The number of hydrogen-bond acceptors (Lipinski definition) is 5. The van der Waals surface area contributed by atoms with Crippen LogP contribution in [0.15, 0.2) is 30.5 Å². The maximum atomic E-state index is 13.1. The van der Waals surface area contributed by atoms with Gasteiger partial charge in [0.25, 0.3) is 0 Å². The van der Waals surface area contributed by atoms with E-state index in [0.29, 0.717) is 36.4 Å². The number of rotatable bonds is 3. The minimum Gasteiger partial charge on any atom is -0.354 e. The molecular weight excluding hydrogens is 433 g/mol. The highest BCUT2D eigenvalue weighted by atomic mass is 35.5. The molecule has 2 saturated heterocycles. The molecule has 1 unspecified atom stereocenters. The van der Waals surface area contributed by atoms with Crippen LogP contribution in [0.1, 0.15) is 24.8 Å². The number of nitrogens with zero attached hydrogens (tertiary/aromatic N) is 6. The second-order valence-corrected chi connectivity index (χ2v) is 8.08. The second-order valence-electron chi connectivity index (χ2n) is 7.74. The van der Waals surface area contributed by atoms with E-state index in [4.69, 9.17) is 11.6 Å². The summed E-state index contributed by atoms with van der Waals surface area (Å²) in [6.07, 6.45) is -0.646. The number of carbonyl (C=O) groups is 1. The van der Waals surface area contributed by atoms with E-state index in [1.54, 1.807) is 0 Å². The van der Waals surface area contributed by atoms with Gasteiger partial charge in [-0.05, 0) is 42.6 Å². The molecule has 162 valence electrons. The van der Waals surface area contributed by atoms with Gasteiger partial charge in [-0.15, -0.1) is 0 Å². The first-order valence-electron chi connectivity index (χ1n) is 9.94. The molecule has 2 aromatic heterocycles. The minimum atomic E-state index is -4.46. The molecule has 4 heterocycles. The van der Waals surface area contributed by atoms with Crippen molar-refractivity contribution in [2.24, 2.45) is 0 Å². The zero-order valence-corrected chi connectivity index (χ0v) is 17.1. The normalized spacial score (nSPS) is 19.7. The summed E-state index contributed by atoms with van der Waals surface area (Å²) < 4.78 is 40.7. The van der Waals surface area contributed by atoms with Crippen molar-refractivity contribution in [2.75, 3.05) is 24.5 Å². The third-order valence-corrected chi connectivity index (χ3v) is 5.98. The zero-order chi connectivity index (χ0) is 21.8. The van der Waals surface area contributed by atoms with Crippen molar-refractivity contribution in [1.29, 1.82) is 0 Å². The largest absolute Gasteiger partial charge is 0.416 e. The fourth-order valence-corrected chi connectivity index (χ4v) is 4.52. The Morgan fingerprint density at radius 2 is 2.00 bits per heavy atom. The number of amides is 1. The highest BCUT2D eigenvalue weighted by Crippen LogP contribution is 2.33. The van der Waals surface area contributed by atoms with Crippen molar-refractivity contribution < 1.29 is 18.0 Å². The quantitative estimate of drug-likeness (QED) is 0.569. The molecule has 2 aliphatic heterocycles. The van der Waals surface area contributed by atoms with Crippen molar-refractivity contribution in [2.45, 2.75) is 31.5 Å². The van der Waals surface area contributed by atoms with Gasteiger partial charge in [-0.25, -0.2) is 4.68 Å². The molecule has 0 aliphatic carbocycles. The molecule has 1 aromatic carbocycles. The number of anilines is 1. The molecule has 0 bridgehead atoms. The minimum absolute atomic E-state index is 0.0167. The maximum Gasteiger partial charge on any atom is 0.416 e. The Morgan fingerprint density at radius 3 is 2.74 bits per heavy atom. The van der Waals surface area contributed by atoms with E-state index in [9.17, 15) is 18.0 Å². The number of alkyl halides is 3. The van der Waals surface area contributed by atoms with Gasteiger partial charge in [-0.3, -0.25) is 4.79 Å². The van der Waals surface area contributed by atoms with Crippen LogP contribution in [0.25, 0.3) is 16.7 Å². The summed E-state index contributed by atoms with van der Waals surface area (Å²) in [5, 5.41) is 4.84. The van der Waals surface area contributed by atoms with Crippen LogP contribution in [-0.2, 0) is 11.0 Å². The first-order valence-corrected chi connectivity index (χ1v) is 10.3. The fraction of sp³-hybridized carbons (Fsp3) is 0.400. The van der Waals surface area contributed by atoms with Crippen LogP contribution in [0.4, 0.5) is 19.0 Å². The predicted octanol–water partition coefficient (Wildman–Crippen LogP) is 3.69. The lowest BCUT2D eigenvalue weighted by Gasteiger charge is -2.24. The molecule has 2 aliphatic rings. The van der Waals surface area contributed by atoms with Crippen molar-refractivity contribution in [3.63, 3.8) is 0 Å². The smallest absolute Gasteiger partial charge is 0.354 e. The Bertz CT molecular complexity index is 1160. The van der Waals surface area contributed by atoms with Crippen LogP contribution >= 0.6 is 11.6 Å². The van der Waals surface area contributed by atoms with Gasteiger partial charge in [-0.1, -0.05) is 6.07 Å². The molecule has 1 amide bonds. The summed E-state index contributed by atoms with van der Waals surface area (Å²) in [5.74, 6) is 0.748. The third kappa shape index (κ3) is 3.58. The number of halogens is 4. The molecule has 2 fully saturated rings. The van der Waals surface area contributed by atoms with Gasteiger partial charge in [0.15, 0.2) is 5.65 Å². The summed E-state index contributed by atoms with van der Waals surface area (Å²) in [6, 6.07) is 4.99. The third-order valence-electron chi connectivity index (χ3n) is 5.81. The molecule has 7 nitrogen and oxygen atoms in total. The highest BCUT2D eigenvalue weighted by Gasteiger charge is 2.35. The first kappa shape index (κ1) is 20.0. The Hall–Kier alpha value is -2.88. The maximum absolute atomic E-state index is 13.1. The van der Waals surface area contributed by atoms with E-state index in [-0.39, 0.29) is 22.9 Å². The van der Waals surface area contributed by atoms with Crippen LogP contribution in [0.5, 0.6) is 0 Å². The SMILES string of the molecule is O=C1CCCN1C1CCN(c2nc(Cl)nc3c2cnn3-c2cccc(C(F)(F)F)c2)C1. The van der Waals surface area contributed by atoms with Gasteiger partial charge in [0.05, 0.1) is 28.9 Å². The van der Waals surface area contributed by atoms with Crippen LogP contribution in [0, 0.1) is 0 Å². The summed E-state index contributed by atoms with van der Waals surface area (Å²) in [6.45, 7) is 2.07. The molecule has 31 heavy (non-hydrogen) atoms. The Balaban J connectivity index is 1.51. The Kier molecular flexibility index (Phi) is 4.76. The van der Waals surface area contributed by atoms with E-state index in [0.717, 1.165) is 31.5 Å². The highest BCUT2D eigenvalue weighted by molar-refractivity contribution is 6.28. The summed E-state index contributed by atoms with van der Waals surface area (Å²) in [5.41, 5.74) is -0.214. The molecule has 11 heteroatoms. The average molecular weight is 451 g/mol. The van der Waals surface area contributed by atoms with Gasteiger partial charge >= 0.3 is 6.18 Å². The van der Waals surface area contributed by atoms with Crippen LogP contribution in [-0.4, -0.2) is 56.2 Å². The van der Waals surface area contributed by atoms with Gasteiger partial charge in [-0.2, -0.15) is 28.2 Å². The number of fused-ring (bicyclic) bond motifs is 1. The number of likely N-dealkylation sites (tertiary alicyclic amines) is 1. The predicted molar refractivity (Wildman–Crippen MR) is 108 cm³/mol. The van der Waals surface area contributed by atoms with E-state index < -0.39 is 11.7 Å². The standard InChI is InChI=1S/C20H18ClF3N6O/c21-19-26-17(28-8-6-14(11-28)29-7-2-5-16(29)31)15-10-25-30(18(15)27-19)13-4-1-3-12(9-13)20(22,23)24/h1,3-4,9-10,14H,2,5-8,11H2. The zero-order valence-electron chi connectivity index (χ0n) is 16.3. The van der Waals surface area contributed by atoms with Gasteiger partial charge < -0.3 is 9.80 Å². The monoisotopic (exact) mass is 450 g/mol. The summed E-state index contributed by atoms with van der Waals surface area (Å²) in [7, 11) is 0. The molecule has 0 N–H and O–H groups in total. The molecular formula is C20H18ClF3N6O. The van der Waals surface area contributed by atoms with Gasteiger partial charge in [0.1, 0.15) is 5.82 Å². The second kappa shape index (κ2) is 7.37. The average Bonchev–Trinajstić information content (AvgIpc) is 3.46. The Morgan fingerprint density at radius 1 is 1.16 bits per heavy atom. The van der Waals surface area contributed by atoms with Crippen LogP contribution < -0.4 is 4.90 Å². The van der Waals surface area contributed by atoms with Gasteiger partial charge in [0.2, 0.25) is 11.2 Å². The van der Waals surface area contributed by atoms with Crippen LogP contribution in [0.3, 0.4) is 0 Å². The first-order chi connectivity index (χ1) is 14.8. The fourth-order valence-electron chi connectivity index (χ4n) is 4.36. The van der Waals surface area contributed by atoms with E-state index in [2.05, 4.69) is 15.1 Å². The molecule has 5 rings (SSSR count). The molecule has 1 atom stereocenters. The van der Waals surface area contributed by atoms with Crippen LogP contribution in [0.2, 0.25) is 5.28 Å². The topological polar surface area (TPSA) is 67.2 Å². The number of hydrogen-bond donors (Lipinski definition) is 0. The Labute approximate surface area is 180 Å². The lowest BCUT2D eigenvalue weighted by atomic mass is 10.2. The van der Waals surface area contributed by atoms with Crippen molar-refractivity contribution in [1.82, 2.24) is 24.6 Å². The molecule has 0 radical (unpaired) electrons. The lowest BCUT2D eigenvalue weighted by Crippen LogP contribution is -2.38. The number of benzene rings is 1. The van der Waals surface area contributed by atoms with Crippen molar-refractivity contribution in [3.8, 4) is 5.69 Å². The molecule has 0 saturated carbocycles. The van der Waals surface area contributed by atoms with E-state index >= 15 is 0 Å². The molecule has 0 spiro atoms. The van der Waals surface area contributed by atoms with E-state index in [1.807, 2.05) is 9.80 Å². The molecule has 3 aromatic rings. The van der Waals surface area contributed by atoms with E-state index in [1.165, 1.54) is 23.0 Å². The lowest BCUT2D eigenvalue weighted by molar-refractivity contribution is -0.137. The van der Waals surface area contributed by atoms with Crippen molar-refractivity contribution in [3.05, 3.63) is 41.3 Å². The summed E-state index contributed by atoms with van der Waals surface area (Å²) in [4.78, 5) is 24.6. The number of carbonyl (C=O) groups excluding carboxylic acids is 1. The van der Waals surface area contributed by atoms with Gasteiger partial charge in [0, 0.05) is 26.1 Å². The summed E-state index contributed by atoms with van der Waals surface area (Å²) >= 11 is 6.17. The number of aromatic nitrogens is 4.